The number of halogens is 1. The molecule has 0 spiro atoms. The number of aromatic nitrogens is 1. The number of rotatable bonds is 3. The van der Waals surface area contributed by atoms with Gasteiger partial charge in [0.05, 0.1) is 5.02 Å². The molecule has 2 rings (SSSR count). The fraction of sp³-hybridized carbons (Fsp3) is 0.375. The van der Waals surface area contributed by atoms with Crippen molar-refractivity contribution >= 4 is 17.5 Å². The fourth-order valence-electron chi connectivity index (χ4n) is 1.91. The van der Waals surface area contributed by atoms with Crippen molar-refractivity contribution in [2.45, 2.75) is 27.7 Å². The molecule has 0 unspecified atom stereocenters. The third kappa shape index (κ3) is 3.64. The summed E-state index contributed by atoms with van der Waals surface area (Å²) in [6, 6.07) is 7.26. The zero-order chi connectivity index (χ0) is 15.6. The number of hydrogen-bond acceptors (Lipinski definition) is 3. The molecule has 0 radical (unpaired) electrons. The second-order valence-electron chi connectivity index (χ2n) is 6.19. The van der Waals surface area contributed by atoms with Gasteiger partial charge in [0.25, 0.3) is 5.91 Å². The van der Waals surface area contributed by atoms with Crippen molar-refractivity contribution < 1.29 is 9.32 Å². The van der Waals surface area contributed by atoms with Gasteiger partial charge < -0.3 is 9.84 Å². The molecule has 0 bridgehead atoms. The molecule has 1 amide bonds. The van der Waals surface area contributed by atoms with Gasteiger partial charge in [-0.1, -0.05) is 55.7 Å². The normalized spacial score (nSPS) is 11.5. The standard InChI is InChI=1S/C16H19ClN2O2/c1-10-13(15(20)18-9-16(2,3)4)14(19-21-10)11-7-5-6-8-12(11)17/h5-8H,9H2,1-4H3,(H,18,20). The van der Waals surface area contributed by atoms with Crippen LogP contribution in [0.5, 0.6) is 0 Å². The van der Waals surface area contributed by atoms with Gasteiger partial charge in [0, 0.05) is 12.1 Å². The van der Waals surface area contributed by atoms with Crippen LogP contribution >= 0.6 is 11.6 Å². The predicted molar refractivity (Wildman–Crippen MR) is 83.5 cm³/mol. The van der Waals surface area contributed by atoms with E-state index in [9.17, 15) is 4.79 Å². The van der Waals surface area contributed by atoms with Crippen molar-refractivity contribution in [1.82, 2.24) is 10.5 Å². The first kappa shape index (κ1) is 15.6. The second kappa shape index (κ2) is 5.90. The number of amides is 1. The maximum absolute atomic E-state index is 12.4. The summed E-state index contributed by atoms with van der Waals surface area (Å²) in [5.74, 6) is 0.287. The summed E-state index contributed by atoms with van der Waals surface area (Å²) in [6.07, 6.45) is 0. The lowest BCUT2D eigenvalue weighted by molar-refractivity contribution is 0.0938. The predicted octanol–water partition coefficient (Wildman–Crippen LogP) is 4.08. The van der Waals surface area contributed by atoms with E-state index >= 15 is 0 Å². The van der Waals surface area contributed by atoms with E-state index in [-0.39, 0.29) is 11.3 Å². The highest BCUT2D eigenvalue weighted by Gasteiger charge is 2.23. The third-order valence-electron chi connectivity index (χ3n) is 3.00. The molecular weight excluding hydrogens is 288 g/mol. The van der Waals surface area contributed by atoms with Crippen LogP contribution in [0.2, 0.25) is 5.02 Å². The molecule has 1 heterocycles. The number of carbonyl (C=O) groups is 1. The zero-order valence-corrected chi connectivity index (χ0v) is 13.4. The van der Waals surface area contributed by atoms with E-state index in [0.717, 1.165) is 0 Å². The number of benzene rings is 1. The van der Waals surface area contributed by atoms with Crippen molar-refractivity contribution in [3.63, 3.8) is 0 Å². The minimum Gasteiger partial charge on any atom is -0.360 e. The summed E-state index contributed by atoms with van der Waals surface area (Å²) in [4.78, 5) is 12.4. The molecule has 0 aliphatic carbocycles. The van der Waals surface area contributed by atoms with Crippen LogP contribution < -0.4 is 5.32 Å². The van der Waals surface area contributed by atoms with E-state index in [0.29, 0.717) is 34.1 Å². The Kier molecular flexibility index (Phi) is 4.37. The van der Waals surface area contributed by atoms with Crippen molar-refractivity contribution in [1.29, 1.82) is 0 Å². The lowest BCUT2D eigenvalue weighted by Crippen LogP contribution is -2.32. The molecule has 1 N–H and O–H groups in total. The topological polar surface area (TPSA) is 55.1 Å². The van der Waals surface area contributed by atoms with Gasteiger partial charge >= 0.3 is 0 Å². The quantitative estimate of drug-likeness (QED) is 0.929. The highest BCUT2D eigenvalue weighted by atomic mass is 35.5. The van der Waals surface area contributed by atoms with Gasteiger partial charge in [-0.2, -0.15) is 0 Å². The number of nitrogens with one attached hydrogen (secondary N) is 1. The summed E-state index contributed by atoms with van der Waals surface area (Å²) in [7, 11) is 0. The van der Waals surface area contributed by atoms with Gasteiger partial charge in [0.15, 0.2) is 0 Å². The van der Waals surface area contributed by atoms with Crippen molar-refractivity contribution in [2.75, 3.05) is 6.54 Å². The number of nitrogens with zero attached hydrogens (tertiary/aromatic N) is 1. The molecule has 0 saturated heterocycles. The van der Waals surface area contributed by atoms with E-state index in [1.54, 1.807) is 13.0 Å². The van der Waals surface area contributed by atoms with Gasteiger partial charge in [-0.05, 0) is 18.4 Å². The van der Waals surface area contributed by atoms with Crippen LogP contribution in [0, 0.1) is 12.3 Å². The summed E-state index contributed by atoms with van der Waals surface area (Å²) in [5, 5.41) is 7.44. The van der Waals surface area contributed by atoms with Crippen LogP contribution in [-0.2, 0) is 0 Å². The molecule has 5 heteroatoms. The molecule has 112 valence electrons. The average Bonchev–Trinajstić information content (AvgIpc) is 2.77. The summed E-state index contributed by atoms with van der Waals surface area (Å²) >= 11 is 6.18. The lowest BCUT2D eigenvalue weighted by Gasteiger charge is -2.18. The van der Waals surface area contributed by atoms with Crippen LogP contribution in [0.15, 0.2) is 28.8 Å². The van der Waals surface area contributed by atoms with Gasteiger partial charge in [0.2, 0.25) is 0 Å². The first-order valence-corrected chi connectivity index (χ1v) is 7.17. The van der Waals surface area contributed by atoms with Crippen LogP contribution in [-0.4, -0.2) is 17.6 Å². The highest BCUT2D eigenvalue weighted by Crippen LogP contribution is 2.31. The number of aryl methyl sites for hydroxylation is 1. The first-order valence-electron chi connectivity index (χ1n) is 6.79. The average molecular weight is 307 g/mol. The van der Waals surface area contributed by atoms with E-state index in [1.165, 1.54) is 0 Å². The fourth-order valence-corrected chi connectivity index (χ4v) is 2.14. The van der Waals surface area contributed by atoms with E-state index in [4.69, 9.17) is 16.1 Å². The smallest absolute Gasteiger partial charge is 0.257 e. The first-order chi connectivity index (χ1) is 9.79. The van der Waals surface area contributed by atoms with Gasteiger partial charge in [-0.25, -0.2) is 0 Å². The molecule has 0 atom stereocenters. The van der Waals surface area contributed by atoms with Crippen molar-refractivity contribution in [3.05, 3.63) is 40.6 Å². The Labute approximate surface area is 129 Å². The Bertz CT molecular complexity index is 657. The maximum Gasteiger partial charge on any atom is 0.257 e. The maximum atomic E-state index is 12.4. The Hall–Kier alpha value is -1.81. The van der Waals surface area contributed by atoms with Crippen LogP contribution in [0.1, 0.15) is 36.9 Å². The van der Waals surface area contributed by atoms with E-state index in [1.807, 2.05) is 18.2 Å². The SMILES string of the molecule is Cc1onc(-c2ccccc2Cl)c1C(=O)NCC(C)(C)C. The molecule has 0 saturated carbocycles. The van der Waals surface area contributed by atoms with E-state index in [2.05, 4.69) is 31.2 Å². The highest BCUT2D eigenvalue weighted by molar-refractivity contribution is 6.33. The molecule has 0 aliphatic heterocycles. The molecule has 1 aromatic carbocycles. The molecule has 1 aromatic heterocycles. The molecular formula is C16H19ClN2O2. The molecule has 21 heavy (non-hydrogen) atoms. The summed E-state index contributed by atoms with van der Waals surface area (Å²) < 4.78 is 5.19. The largest absolute Gasteiger partial charge is 0.360 e. The molecule has 2 aromatic rings. The van der Waals surface area contributed by atoms with Crippen LogP contribution in [0.3, 0.4) is 0 Å². The Morgan fingerprint density at radius 1 is 1.33 bits per heavy atom. The Morgan fingerprint density at radius 3 is 2.62 bits per heavy atom. The third-order valence-corrected chi connectivity index (χ3v) is 3.33. The van der Waals surface area contributed by atoms with Gasteiger partial charge in [-0.15, -0.1) is 0 Å². The molecule has 0 fully saturated rings. The monoisotopic (exact) mass is 306 g/mol. The van der Waals surface area contributed by atoms with Crippen LogP contribution in [0.4, 0.5) is 0 Å². The van der Waals surface area contributed by atoms with Crippen molar-refractivity contribution in [3.8, 4) is 11.3 Å². The minimum atomic E-state index is -0.196. The summed E-state index contributed by atoms with van der Waals surface area (Å²) in [5.41, 5.74) is 1.61. The minimum absolute atomic E-state index is 0.00524. The lowest BCUT2D eigenvalue weighted by atomic mass is 9.96. The number of hydrogen-bond donors (Lipinski definition) is 1. The molecule has 0 aliphatic rings. The van der Waals surface area contributed by atoms with Crippen LogP contribution in [0.25, 0.3) is 11.3 Å². The Morgan fingerprint density at radius 2 is 2.00 bits per heavy atom. The number of carbonyl (C=O) groups excluding carboxylic acids is 1. The summed E-state index contributed by atoms with van der Waals surface area (Å²) in [6.45, 7) is 8.46. The van der Waals surface area contributed by atoms with Gasteiger partial charge in [0.1, 0.15) is 17.0 Å². The molecule has 4 nitrogen and oxygen atoms in total. The zero-order valence-electron chi connectivity index (χ0n) is 12.7. The second-order valence-corrected chi connectivity index (χ2v) is 6.59. The van der Waals surface area contributed by atoms with E-state index < -0.39 is 0 Å². The Balaban J connectivity index is 2.35. The van der Waals surface area contributed by atoms with Gasteiger partial charge in [-0.3, -0.25) is 4.79 Å². The van der Waals surface area contributed by atoms with Crippen molar-refractivity contribution in [2.24, 2.45) is 5.41 Å².